The molecule has 2 aromatic rings. The van der Waals surface area contributed by atoms with Crippen LogP contribution in [0.1, 0.15) is 18.2 Å². The van der Waals surface area contributed by atoms with Gasteiger partial charge in [-0.25, -0.2) is 13.4 Å². The highest BCUT2D eigenvalue weighted by molar-refractivity contribution is 7.92. The maximum atomic E-state index is 12.2. The zero-order chi connectivity index (χ0) is 18.4. The minimum atomic E-state index is -3.73. The maximum absolute atomic E-state index is 12.2. The van der Waals surface area contributed by atoms with E-state index in [1.165, 1.54) is 12.1 Å². The summed E-state index contributed by atoms with van der Waals surface area (Å²) in [5, 5.41) is 4.29. The van der Waals surface area contributed by atoms with Crippen LogP contribution in [0, 0.1) is 6.92 Å². The van der Waals surface area contributed by atoms with Crippen LogP contribution in [0.3, 0.4) is 0 Å². The molecule has 0 spiro atoms. The third-order valence-corrected chi connectivity index (χ3v) is 5.57. The number of aryl methyl sites for hydroxylation is 1. The molecule has 0 fully saturated rings. The SMILES string of the molecule is CCOC(=O)Cc1csc(NC(=O)CS(=O)(=O)c2ccc(C)cc2)n1. The first-order valence-electron chi connectivity index (χ1n) is 7.49. The highest BCUT2D eigenvalue weighted by Crippen LogP contribution is 2.17. The van der Waals surface area contributed by atoms with E-state index in [4.69, 9.17) is 4.74 Å². The number of carbonyl (C=O) groups is 2. The fourth-order valence-electron chi connectivity index (χ4n) is 1.96. The number of hydrogen-bond acceptors (Lipinski definition) is 7. The molecule has 1 amide bonds. The Balaban J connectivity index is 1.97. The molecule has 25 heavy (non-hydrogen) atoms. The Kier molecular flexibility index (Phi) is 6.27. The lowest BCUT2D eigenvalue weighted by molar-refractivity contribution is -0.142. The molecule has 9 heteroatoms. The van der Waals surface area contributed by atoms with Crippen LogP contribution in [0.5, 0.6) is 0 Å². The molecular formula is C16H18N2O5S2. The van der Waals surface area contributed by atoms with Gasteiger partial charge in [-0.15, -0.1) is 11.3 Å². The first-order valence-corrected chi connectivity index (χ1v) is 10.0. The van der Waals surface area contributed by atoms with E-state index in [1.807, 2.05) is 6.92 Å². The minimum Gasteiger partial charge on any atom is -0.466 e. The Hall–Kier alpha value is -2.26. The van der Waals surface area contributed by atoms with Crippen molar-refractivity contribution < 1.29 is 22.7 Å². The van der Waals surface area contributed by atoms with Crippen molar-refractivity contribution in [1.82, 2.24) is 4.98 Å². The van der Waals surface area contributed by atoms with Gasteiger partial charge in [0, 0.05) is 5.38 Å². The van der Waals surface area contributed by atoms with Gasteiger partial charge in [0.25, 0.3) is 0 Å². The van der Waals surface area contributed by atoms with Crippen LogP contribution >= 0.6 is 11.3 Å². The number of carbonyl (C=O) groups excluding carboxylic acids is 2. The van der Waals surface area contributed by atoms with E-state index in [0.29, 0.717) is 5.69 Å². The standard InChI is InChI=1S/C16H18N2O5S2/c1-3-23-15(20)8-12-9-24-16(17-12)18-14(19)10-25(21,22)13-6-4-11(2)5-7-13/h4-7,9H,3,8,10H2,1-2H3,(H,17,18,19). The van der Waals surface area contributed by atoms with Crippen molar-refractivity contribution in [1.29, 1.82) is 0 Å². The maximum Gasteiger partial charge on any atom is 0.311 e. The molecule has 1 aromatic heterocycles. The van der Waals surface area contributed by atoms with Gasteiger partial charge in [-0.05, 0) is 26.0 Å². The summed E-state index contributed by atoms with van der Waals surface area (Å²) < 4.78 is 29.3. The Bertz CT molecular complexity index is 857. The van der Waals surface area contributed by atoms with Gasteiger partial charge >= 0.3 is 5.97 Å². The van der Waals surface area contributed by atoms with Crippen molar-refractivity contribution in [2.45, 2.75) is 25.2 Å². The molecule has 2 rings (SSSR count). The number of benzene rings is 1. The third kappa shape index (κ3) is 5.64. The number of aromatic nitrogens is 1. The van der Waals surface area contributed by atoms with Crippen molar-refractivity contribution in [3.8, 4) is 0 Å². The number of nitrogens with one attached hydrogen (secondary N) is 1. The van der Waals surface area contributed by atoms with Crippen LogP contribution in [0.25, 0.3) is 0 Å². The molecule has 1 N–H and O–H groups in total. The molecule has 134 valence electrons. The van der Waals surface area contributed by atoms with E-state index in [-0.39, 0.29) is 23.1 Å². The van der Waals surface area contributed by atoms with Crippen molar-refractivity contribution in [3.05, 3.63) is 40.9 Å². The van der Waals surface area contributed by atoms with E-state index in [2.05, 4.69) is 10.3 Å². The molecule has 0 radical (unpaired) electrons. The molecule has 0 aliphatic rings. The van der Waals surface area contributed by atoms with Crippen LogP contribution < -0.4 is 5.32 Å². The molecule has 0 atom stereocenters. The van der Waals surface area contributed by atoms with Gasteiger partial charge in [-0.3, -0.25) is 9.59 Å². The average Bonchev–Trinajstić information content (AvgIpc) is 2.94. The van der Waals surface area contributed by atoms with E-state index in [1.54, 1.807) is 24.4 Å². The van der Waals surface area contributed by atoms with Crippen molar-refractivity contribution in [3.63, 3.8) is 0 Å². The van der Waals surface area contributed by atoms with Crippen molar-refractivity contribution in [2.75, 3.05) is 17.7 Å². The van der Waals surface area contributed by atoms with Crippen LogP contribution in [0.15, 0.2) is 34.5 Å². The monoisotopic (exact) mass is 382 g/mol. The van der Waals surface area contributed by atoms with E-state index >= 15 is 0 Å². The van der Waals surface area contributed by atoms with Gasteiger partial charge < -0.3 is 10.1 Å². The lowest BCUT2D eigenvalue weighted by Crippen LogP contribution is -2.23. The zero-order valence-corrected chi connectivity index (χ0v) is 15.4. The topological polar surface area (TPSA) is 102 Å². The van der Waals surface area contributed by atoms with Crippen LogP contribution in [-0.2, 0) is 30.6 Å². The first-order chi connectivity index (χ1) is 11.8. The highest BCUT2D eigenvalue weighted by atomic mass is 32.2. The first kappa shape index (κ1) is 19.1. The minimum absolute atomic E-state index is 0.00186. The summed E-state index contributed by atoms with van der Waals surface area (Å²) in [6.07, 6.45) is 0.00186. The molecule has 1 heterocycles. The lowest BCUT2D eigenvalue weighted by Gasteiger charge is -2.05. The Morgan fingerprint density at radius 2 is 1.92 bits per heavy atom. The molecular weight excluding hydrogens is 364 g/mol. The lowest BCUT2D eigenvalue weighted by atomic mass is 10.2. The van der Waals surface area contributed by atoms with Crippen LogP contribution in [-0.4, -0.2) is 37.6 Å². The summed E-state index contributed by atoms with van der Waals surface area (Å²) in [5.41, 5.74) is 1.39. The second-order valence-electron chi connectivity index (χ2n) is 5.25. The van der Waals surface area contributed by atoms with Crippen molar-refractivity contribution in [2.24, 2.45) is 0 Å². The zero-order valence-electron chi connectivity index (χ0n) is 13.8. The molecule has 0 saturated carbocycles. The molecule has 0 unspecified atom stereocenters. The number of ether oxygens (including phenoxy) is 1. The summed E-state index contributed by atoms with van der Waals surface area (Å²) in [6, 6.07) is 6.29. The van der Waals surface area contributed by atoms with Gasteiger partial charge in [-0.1, -0.05) is 17.7 Å². The predicted molar refractivity (Wildman–Crippen MR) is 94.3 cm³/mol. The van der Waals surface area contributed by atoms with Crippen LogP contribution in [0.4, 0.5) is 5.13 Å². The van der Waals surface area contributed by atoms with Crippen molar-refractivity contribution >= 4 is 38.2 Å². The number of hydrogen-bond donors (Lipinski definition) is 1. The summed E-state index contributed by atoms with van der Waals surface area (Å²) in [4.78, 5) is 27.5. The smallest absolute Gasteiger partial charge is 0.311 e. The molecule has 7 nitrogen and oxygen atoms in total. The number of sulfone groups is 1. The van der Waals surface area contributed by atoms with Gasteiger partial charge in [0.05, 0.1) is 23.6 Å². The van der Waals surface area contributed by atoms with Crippen LogP contribution in [0.2, 0.25) is 0 Å². The fourth-order valence-corrected chi connectivity index (χ4v) is 3.82. The largest absolute Gasteiger partial charge is 0.466 e. The molecule has 1 aromatic carbocycles. The Morgan fingerprint density at radius 3 is 2.56 bits per heavy atom. The summed E-state index contributed by atoms with van der Waals surface area (Å²) in [7, 11) is -3.73. The summed E-state index contributed by atoms with van der Waals surface area (Å²) >= 11 is 1.12. The molecule has 0 saturated heterocycles. The second kappa shape index (κ2) is 8.21. The van der Waals surface area contributed by atoms with Gasteiger partial charge in [0.1, 0.15) is 5.75 Å². The average molecular weight is 382 g/mol. The summed E-state index contributed by atoms with van der Waals surface area (Å²) in [6.45, 7) is 3.84. The number of thiazole rings is 1. The number of nitrogens with zero attached hydrogens (tertiary/aromatic N) is 1. The normalized spacial score (nSPS) is 11.1. The highest BCUT2D eigenvalue weighted by Gasteiger charge is 2.20. The third-order valence-electron chi connectivity index (χ3n) is 3.13. The number of esters is 1. The van der Waals surface area contributed by atoms with Gasteiger partial charge in [0.2, 0.25) is 5.91 Å². The van der Waals surface area contributed by atoms with E-state index < -0.39 is 27.5 Å². The molecule has 0 aliphatic heterocycles. The number of amides is 1. The molecule has 0 bridgehead atoms. The van der Waals surface area contributed by atoms with Gasteiger partial charge in [0.15, 0.2) is 15.0 Å². The molecule has 0 aliphatic carbocycles. The van der Waals surface area contributed by atoms with E-state index in [0.717, 1.165) is 16.9 Å². The summed E-state index contributed by atoms with van der Waals surface area (Å²) in [5.74, 6) is -1.77. The quantitative estimate of drug-likeness (QED) is 0.735. The number of anilines is 1. The van der Waals surface area contributed by atoms with E-state index in [9.17, 15) is 18.0 Å². The Labute approximate surface area is 150 Å². The Morgan fingerprint density at radius 1 is 1.24 bits per heavy atom. The number of rotatable bonds is 7. The van der Waals surface area contributed by atoms with Gasteiger partial charge in [-0.2, -0.15) is 0 Å². The second-order valence-corrected chi connectivity index (χ2v) is 8.09. The fraction of sp³-hybridized carbons (Fsp3) is 0.312. The predicted octanol–water partition coefficient (Wildman–Crippen LogP) is 1.97.